The summed E-state index contributed by atoms with van der Waals surface area (Å²) in [6, 6.07) is -0.489. The lowest BCUT2D eigenvalue weighted by molar-refractivity contribution is -0.122. The molecule has 2 atom stereocenters. The predicted octanol–water partition coefficient (Wildman–Crippen LogP) is -1.07. The van der Waals surface area contributed by atoms with Gasteiger partial charge >= 0.3 is 0 Å². The molecule has 0 bridgehead atoms. The fourth-order valence-electron chi connectivity index (χ4n) is 1.12. The Kier molecular flexibility index (Phi) is 4.86. The number of carbonyl (C=O) groups excluding carboxylic acids is 2. The van der Waals surface area contributed by atoms with Crippen LogP contribution in [0.3, 0.4) is 0 Å². The number of methoxy groups -OCH3 is 1. The van der Waals surface area contributed by atoms with Gasteiger partial charge in [0.25, 0.3) is 5.24 Å². The lowest BCUT2D eigenvalue weighted by atomic mass is 10.3. The third-order valence-corrected chi connectivity index (χ3v) is 2.74. The van der Waals surface area contributed by atoms with Crippen LogP contribution < -0.4 is 10.6 Å². The zero-order chi connectivity index (χ0) is 11.3. The minimum atomic E-state index is -0.719. The van der Waals surface area contributed by atoms with Gasteiger partial charge in [-0.05, 0) is 0 Å². The van der Waals surface area contributed by atoms with E-state index in [1.165, 1.54) is 7.11 Å². The van der Waals surface area contributed by atoms with E-state index in [1.54, 1.807) is 0 Å². The first kappa shape index (κ1) is 12.3. The van der Waals surface area contributed by atoms with Crippen molar-refractivity contribution in [2.24, 2.45) is 0 Å². The molecule has 1 aliphatic heterocycles. The van der Waals surface area contributed by atoms with E-state index in [2.05, 4.69) is 10.6 Å². The van der Waals surface area contributed by atoms with Crippen molar-refractivity contribution in [3.63, 3.8) is 0 Å². The standard InChI is InChI=1S/C8H14N2O4S/c1-14-3-5(11)2-9-7(12)6-4-15-8(13)10-6/h5-6,11H,2-4H2,1H3,(H,9,12)(H,10,13). The van der Waals surface area contributed by atoms with Crippen molar-refractivity contribution in [2.75, 3.05) is 26.0 Å². The molecule has 0 radical (unpaired) electrons. The first-order valence-electron chi connectivity index (χ1n) is 4.51. The molecule has 1 fully saturated rings. The Hall–Kier alpha value is -0.790. The number of ether oxygens (including phenoxy) is 1. The van der Waals surface area contributed by atoms with Crippen LogP contribution in [-0.2, 0) is 9.53 Å². The van der Waals surface area contributed by atoms with Gasteiger partial charge in [0, 0.05) is 19.4 Å². The molecule has 15 heavy (non-hydrogen) atoms. The van der Waals surface area contributed by atoms with Crippen LogP contribution in [0.25, 0.3) is 0 Å². The van der Waals surface area contributed by atoms with Crippen LogP contribution in [0.1, 0.15) is 0 Å². The predicted molar refractivity (Wildman–Crippen MR) is 55.7 cm³/mol. The van der Waals surface area contributed by atoms with E-state index < -0.39 is 12.1 Å². The zero-order valence-electron chi connectivity index (χ0n) is 8.36. The van der Waals surface area contributed by atoms with Crippen LogP contribution in [0.4, 0.5) is 4.79 Å². The first-order valence-corrected chi connectivity index (χ1v) is 5.50. The summed E-state index contributed by atoms with van der Waals surface area (Å²) in [5, 5.41) is 14.1. The number of thioether (sulfide) groups is 1. The normalized spacial score (nSPS) is 22.3. The fourth-order valence-corrected chi connectivity index (χ4v) is 1.90. The van der Waals surface area contributed by atoms with E-state index in [-0.39, 0.29) is 24.3 Å². The zero-order valence-corrected chi connectivity index (χ0v) is 9.17. The van der Waals surface area contributed by atoms with Crippen molar-refractivity contribution >= 4 is 22.9 Å². The number of nitrogens with one attached hydrogen (secondary N) is 2. The Morgan fingerprint density at radius 2 is 2.60 bits per heavy atom. The van der Waals surface area contributed by atoms with Crippen molar-refractivity contribution in [1.82, 2.24) is 10.6 Å². The molecule has 0 spiro atoms. The maximum Gasteiger partial charge on any atom is 0.279 e. The highest BCUT2D eigenvalue weighted by molar-refractivity contribution is 8.14. The fraction of sp³-hybridized carbons (Fsp3) is 0.750. The van der Waals surface area contributed by atoms with E-state index in [0.29, 0.717) is 5.75 Å². The quantitative estimate of drug-likeness (QED) is 0.564. The van der Waals surface area contributed by atoms with Crippen LogP contribution in [0.2, 0.25) is 0 Å². The van der Waals surface area contributed by atoms with E-state index in [0.717, 1.165) is 11.8 Å². The summed E-state index contributed by atoms with van der Waals surface area (Å²) in [5.74, 6) is 0.161. The number of hydrogen-bond acceptors (Lipinski definition) is 5. The van der Waals surface area contributed by atoms with E-state index >= 15 is 0 Å². The van der Waals surface area contributed by atoms with Crippen LogP contribution in [0, 0.1) is 0 Å². The van der Waals surface area contributed by atoms with Crippen molar-refractivity contribution in [1.29, 1.82) is 0 Å². The maximum absolute atomic E-state index is 11.4. The van der Waals surface area contributed by atoms with Crippen molar-refractivity contribution in [2.45, 2.75) is 12.1 Å². The summed E-state index contributed by atoms with van der Waals surface area (Å²) in [6.07, 6.45) is -0.719. The molecular weight excluding hydrogens is 220 g/mol. The smallest absolute Gasteiger partial charge is 0.279 e. The minimum absolute atomic E-state index is 0.129. The van der Waals surface area contributed by atoms with Gasteiger partial charge in [-0.15, -0.1) is 0 Å². The molecule has 7 heteroatoms. The molecule has 86 valence electrons. The van der Waals surface area contributed by atoms with Gasteiger partial charge < -0.3 is 20.5 Å². The van der Waals surface area contributed by atoms with Gasteiger partial charge in [-0.3, -0.25) is 9.59 Å². The highest BCUT2D eigenvalue weighted by atomic mass is 32.2. The molecule has 0 aromatic rings. The molecule has 0 aromatic heterocycles. The van der Waals surface area contributed by atoms with Gasteiger partial charge in [0.2, 0.25) is 5.91 Å². The lowest BCUT2D eigenvalue weighted by Gasteiger charge is -2.13. The highest BCUT2D eigenvalue weighted by Crippen LogP contribution is 2.12. The summed E-state index contributed by atoms with van der Waals surface area (Å²) < 4.78 is 4.70. The van der Waals surface area contributed by atoms with Gasteiger partial charge in [0.1, 0.15) is 6.04 Å². The third-order valence-electron chi connectivity index (χ3n) is 1.86. The van der Waals surface area contributed by atoms with Crippen LogP contribution in [-0.4, -0.2) is 54.4 Å². The summed E-state index contributed by atoms with van der Waals surface area (Å²) in [4.78, 5) is 22.2. The molecule has 2 unspecified atom stereocenters. The topological polar surface area (TPSA) is 87.7 Å². The Labute approximate surface area is 91.7 Å². The van der Waals surface area contributed by atoms with Crippen molar-refractivity contribution in [3.05, 3.63) is 0 Å². The number of rotatable bonds is 5. The summed E-state index contributed by atoms with van der Waals surface area (Å²) in [6.45, 7) is 0.301. The average molecular weight is 234 g/mol. The summed E-state index contributed by atoms with van der Waals surface area (Å²) >= 11 is 1.08. The van der Waals surface area contributed by atoms with Crippen LogP contribution >= 0.6 is 11.8 Å². The first-order chi connectivity index (χ1) is 7.13. The molecule has 2 amide bonds. The Morgan fingerprint density at radius 3 is 3.13 bits per heavy atom. The van der Waals surface area contributed by atoms with Gasteiger partial charge in [-0.2, -0.15) is 0 Å². The molecular formula is C8H14N2O4S. The van der Waals surface area contributed by atoms with Crippen molar-refractivity contribution in [3.8, 4) is 0 Å². The number of hydrogen-bond donors (Lipinski definition) is 3. The van der Waals surface area contributed by atoms with E-state index in [9.17, 15) is 14.7 Å². The van der Waals surface area contributed by atoms with E-state index in [1.807, 2.05) is 0 Å². The summed E-state index contributed by atoms with van der Waals surface area (Å²) in [5.41, 5.74) is 0. The molecule has 1 saturated heterocycles. The van der Waals surface area contributed by atoms with Gasteiger partial charge in [-0.1, -0.05) is 11.8 Å². The molecule has 0 aromatic carbocycles. The monoisotopic (exact) mass is 234 g/mol. The molecule has 1 heterocycles. The van der Waals surface area contributed by atoms with Crippen molar-refractivity contribution < 1.29 is 19.4 Å². The second kappa shape index (κ2) is 5.94. The van der Waals surface area contributed by atoms with Crippen LogP contribution in [0.15, 0.2) is 0 Å². The van der Waals surface area contributed by atoms with Gasteiger partial charge in [0.15, 0.2) is 0 Å². The number of carbonyl (C=O) groups is 2. The Bertz CT molecular complexity index is 249. The second-order valence-electron chi connectivity index (χ2n) is 3.15. The summed E-state index contributed by atoms with van der Waals surface area (Å²) in [7, 11) is 1.47. The number of aliphatic hydroxyl groups excluding tert-OH is 1. The van der Waals surface area contributed by atoms with Gasteiger partial charge in [0.05, 0.1) is 12.7 Å². The number of aliphatic hydroxyl groups is 1. The average Bonchev–Trinajstić information content (AvgIpc) is 2.62. The third kappa shape index (κ3) is 4.06. The minimum Gasteiger partial charge on any atom is -0.389 e. The van der Waals surface area contributed by atoms with Crippen LogP contribution in [0.5, 0.6) is 0 Å². The van der Waals surface area contributed by atoms with E-state index in [4.69, 9.17) is 4.74 Å². The molecule has 1 aliphatic rings. The molecule has 1 rings (SSSR count). The molecule has 3 N–H and O–H groups in total. The Balaban J connectivity index is 2.21. The Morgan fingerprint density at radius 1 is 1.87 bits per heavy atom. The number of amides is 2. The largest absolute Gasteiger partial charge is 0.389 e. The second-order valence-corrected chi connectivity index (χ2v) is 4.14. The molecule has 0 aliphatic carbocycles. The lowest BCUT2D eigenvalue weighted by Crippen LogP contribution is -2.45. The maximum atomic E-state index is 11.4. The highest BCUT2D eigenvalue weighted by Gasteiger charge is 2.27. The molecule has 0 saturated carbocycles. The molecule has 6 nitrogen and oxygen atoms in total. The van der Waals surface area contributed by atoms with Gasteiger partial charge in [-0.25, -0.2) is 0 Å². The SMILES string of the molecule is COCC(O)CNC(=O)C1CSC(=O)N1.